The average molecular weight is 366 g/mol. The smallest absolute Gasteiger partial charge is 0.287 e. The zero-order valence-electron chi connectivity index (χ0n) is 13.9. The lowest BCUT2D eigenvalue weighted by atomic mass is 10.0. The van der Waals surface area contributed by atoms with Gasteiger partial charge in [0.25, 0.3) is 0 Å². The maximum atomic E-state index is 13.1. The Kier molecular flexibility index (Phi) is 4.03. The molecule has 134 valence electrons. The molecule has 1 aromatic heterocycles. The minimum Gasteiger partial charge on any atom is -0.287 e. The highest BCUT2D eigenvalue weighted by Gasteiger charge is 2.30. The van der Waals surface area contributed by atoms with Crippen LogP contribution in [0.1, 0.15) is 21.6 Å². The van der Waals surface area contributed by atoms with Gasteiger partial charge in [0.1, 0.15) is 5.69 Å². The van der Waals surface area contributed by atoms with Crippen molar-refractivity contribution >= 4 is 16.7 Å². The molecule has 1 heterocycles. The Morgan fingerprint density at radius 1 is 0.815 bits per heavy atom. The molecule has 0 aliphatic carbocycles. The molecule has 0 aliphatic heterocycles. The van der Waals surface area contributed by atoms with E-state index in [-0.39, 0.29) is 11.3 Å². The first-order valence-corrected chi connectivity index (χ1v) is 8.20. The lowest BCUT2D eigenvalue weighted by molar-refractivity contribution is -0.137. The van der Waals surface area contributed by atoms with E-state index in [0.29, 0.717) is 22.3 Å². The van der Waals surface area contributed by atoms with Crippen LogP contribution >= 0.6 is 0 Å². The van der Waals surface area contributed by atoms with Gasteiger partial charge < -0.3 is 0 Å². The maximum Gasteiger partial charge on any atom is 0.416 e. The van der Waals surface area contributed by atoms with Crippen LogP contribution in [0.4, 0.5) is 13.2 Å². The topological polar surface area (TPSA) is 34.9 Å². The second kappa shape index (κ2) is 6.39. The number of fused-ring (bicyclic) bond motifs is 1. The number of rotatable bonds is 3. The number of carbonyl (C=O) groups excluding carboxylic acids is 1. The number of carbonyl (C=O) groups is 1. The molecule has 0 unspecified atom stereocenters. The van der Waals surface area contributed by atoms with Crippen LogP contribution < -0.4 is 0 Å². The monoisotopic (exact) mass is 366 g/mol. The van der Waals surface area contributed by atoms with Crippen molar-refractivity contribution in [2.75, 3.05) is 0 Å². The number of alkyl halides is 3. The van der Waals surface area contributed by atoms with E-state index in [1.807, 2.05) is 36.4 Å². The molecule has 0 spiro atoms. The lowest BCUT2D eigenvalue weighted by Gasteiger charge is -2.09. The number of hydrogen-bond acceptors (Lipinski definition) is 2. The first-order valence-electron chi connectivity index (χ1n) is 8.20. The molecule has 0 saturated heterocycles. The van der Waals surface area contributed by atoms with E-state index in [0.717, 1.165) is 12.1 Å². The summed E-state index contributed by atoms with van der Waals surface area (Å²) in [5.41, 5.74) is 1.03. The third kappa shape index (κ3) is 3.10. The first-order chi connectivity index (χ1) is 12.9. The van der Waals surface area contributed by atoms with E-state index >= 15 is 0 Å². The number of ketones is 1. The third-order valence-electron chi connectivity index (χ3n) is 4.27. The Morgan fingerprint density at radius 2 is 1.44 bits per heavy atom. The van der Waals surface area contributed by atoms with Crippen molar-refractivity contribution in [3.05, 3.63) is 95.7 Å². The number of benzene rings is 3. The normalized spacial score (nSPS) is 11.7. The summed E-state index contributed by atoms with van der Waals surface area (Å²) in [4.78, 5) is 13.1. The van der Waals surface area contributed by atoms with Gasteiger partial charge >= 0.3 is 6.18 Å². The van der Waals surface area contributed by atoms with Crippen LogP contribution in [0.3, 0.4) is 0 Å². The molecular weight excluding hydrogens is 353 g/mol. The van der Waals surface area contributed by atoms with E-state index in [1.165, 1.54) is 16.8 Å². The highest BCUT2D eigenvalue weighted by atomic mass is 19.4. The van der Waals surface area contributed by atoms with Crippen LogP contribution in [0, 0.1) is 0 Å². The Balaban J connectivity index is 1.86. The van der Waals surface area contributed by atoms with Gasteiger partial charge in [0.05, 0.1) is 16.8 Å². The molecule has 0 saturated carbocycles. The molecular formula is C21H13F3N2O. The maximum absolute atomic E-state index is 13.1. The number of hydrogen-bond donors (Lipinski definition) is 0. The fourth-order valence-corrected chi connectivity index (χ4v) is 2.95. The fourth-order valence-electron chi connectivity index (χ4n) is 2.95. The Morgan fingerprint density at radius 3 is 2.11 bits per heavy atom. The van der Waals surface area contributed by atoms with Crippen molar-refractivity contribution in [1.82, 2.24) is 9.78 Å². The SMILES string of the molecule is O=C(c1ccc(C(F)(F)F)cc1)c1c2ccccc2nn1-c1ccccc1. The molecule has 3 aromatic carbocycles. The second-order valence-corrected chi connectivity index (χ2v) is 6.02. The molecule has 0 bridgehead atoms. The third-order valence-corrected chi connectivity index (χ3v) is 4.27. The largest absolute Gasteiger partial charge is 0.416 e. The highest BCUT2D eigenvalue weighted by molar-refractivity contribution is 6.15. The Bertz CT molecular complexity index is 1110. The van der Waals surface area contributed by atoms with Crippen LogP contribution in [-0.4, -0.2) is 15.6 Å². The molecule has 6 heteroatoms. The van der Waals surface area contributed by atoms with E-state index in [1.54, 1.807) is 18.2 Å². The fraction of sp³-hybridized carbons (Fsp3) is 0.0476. The van der Waals surface area contributed by atoms with Gasteiger partial charge in [-0.1, -0.05) is 48.5 Å². The van der Waals surface area contributed by atoms with Gasteiger partial charge in [0, 0.05) is 10.9 Å². The summed E-state index contributed by atoms with van der Waals surface area (Å²) in [5.74, 6) is -0.388. The van der Waals surface area contributed by atoms with Crippen molar-refractivity contribution in [1.29, 1.82) is 0 Å². The summed E-state index contributed by atoms with van der Waals surface area (Å²) in [6.45, 7) is 0. The lowest BCUT2D eigenvalue weighted by Crippen LogP contribution is -2.11. The van der Waals surface area contributed by atoms with E-state index in [9.17, 15) is 18.0 Å². The van der Waals surface area contributed by atoms with Crippen LogP contribution in [0.15, 0.2) is 78.9 Å². The van der Waals surface area contributed by atoms with Crippen LogP contribution in [0.2, 0.25) is 0 Å². The highest BCUT2D eigenvalue weighted by Crippen LogP contribution is 2.30. The van der Waals surface area contributed by atoms with Crippen LogP contribution in [0.5, 0.6) is 0 Å². The standard InChI is InChI=1S/C21H13F3N2O/c22-21(23,24)15-12-10-14(11-13-15)20(27)19-17-8-4-5-9-18(17)25-26(19)16-6-2-1-3-7-16/h1-13H. The predicted molar refractivity (Wildman–Crippen MR) is 95.9 cm³/mol. The van der Waals surface area contributed by atoms with Gasteiger partial charge in [-0.2, -0.15) is 18.3 Å². The molecule has 0 fully saturated rings. The second-order valence-electron chi connectivity index (χ2n) is 6.02. The summed E-state index contributed by atoms with van der Waals surface area (Å²) >= 11 is 0. The Labute approximate surface area is 152 Å². The molecule has 0 N–H and O–H groups in total. The van der Waals surface area contributed by atoms with Gasteiger partial charge in [0.2, 0.25) is 5.78 Å². The molecule has 0 atom stereocenters. The molecule has 4 rings (SSSR count). The number of nitrogens with zero attached hydrogens (tertiary/aromatic N) is 2. The zero-order chi connectivity index (χ0) is 19.0. The molecule has 27 heavy (non-hydrogen) atoms. The molecule has 0 radical (unpaired) electrons. The number of halogens is 3. The van der Waals surface area contributed by atoms with Gasteiger partial charge in [-0.05, 0) is 30.3 Å². The molecule has 0 aliphatic rings. The van der Waals surface area contributed by atoms with E-state index in [4.69, 9.17) is 0 Å². The van der Waals surface area contributed by atoms with Crippen molar-refractivity contribution in [3.63, 3.8) is 0 Å². The summed E-state index contributed by atoms with van der Waals surface area (Å²) in [6, 6.07) is 20.5. The summed E-state index contributed by atoms with van der Waals surface area (Å²) in [7, 11) is 0. The summed E-state index contributed by atoms with van der Waals surface area (Å²) in [6.07, 6.45) is -4.44. The van der Waals surface area contributed by atoms with Gasteiger partial charge in [-0.3, -0.25) is 4.79 Å². The molecule has 4 aromatic rings. The van der Waals surface area contributed by atoms with E-state index < -0.39 is 11.7 Å². The minimum atomic E-state index is -4.44. The number of para-hydroxylation sites is 1. The number of aromatic nitrogens is 2. The average Bonchev–Trinajstić information content (AvgIpc) is 3.07. The van der Waals surface area contributed by atoms with E-state index in [2.05, 4.69) is 5.10 Å². The summed E-state index contributed by atoms with van der Waals surface area (Å²) in [5, 5.41) is 5.15. The van der Waals surface area contributed by atoms with Gasteiger partial charge in [0.15, 0.2) is 0 Å². The first kappa shape index (κ1) is 17.0. The molecule has 3 nitrogen and oxygen atoms in total. The zero-order valence-corrected chi connectivity index (χ0v) is 13.9. The summed E-state index contributed by atoms with van der Waals surface area (Å²) < 4.78 is 39.9. The van der Waals surface area contributed by atoms with Gasteiger partial charge in [-0.25, -0.2) is 4.68 Å². The van der Waals surface area contributed by atoms with Crippen molar-refractivity contribution in [2.45, 2.75) is 6.18 Å². The van der Waals surface area contributed by atoms with Crippen LogP contribution in [0.25, 0.3) is 16.6 Å². The van der Waals surface area contributed by atoms with Crippen molar-refractivity contribution in [2.24, 2.45) is 0 Å². The van der Waals surface area contributed by atoms with Gasteiger partial charge in [-0.15, -0.1) is 0 Å². The van der Waals surface area contributed by atoms with Crippen LogP contribution in [-0.2, 0) is 6.18 Å². The Hall–Kier alpha value is -3.41. The van der Waals surface area contributed by atoms with Crippen molar-refractivity contribution < 1.29 is 18.0 Å². The van der Waals surface area contributed by atoms with Crippen molar-refractivity contribution in [3.8, 4) is 5.69 Å². The quantitative estimate of drug-likeness (QED) is 0.463. The molecule has 0 amide bonds. The predicted octanol–water partition coefficient (Wildman–Crippen LogP) is 5.28. The minimum absolute atomic E-state index is 0.172.